The number of benzene rings is 7. The highest BCUT2D eigenvalue weighted by molar-refractivity contribution is 6.09. The van der Waals surface area contributed by atoms with Gasteiger partial charge in [0.25, 0.3) is 0 Å². The fourth-order valence-corrected chi connectivity index (χ4v) is 6.29. The lowest BCUT2D eigenvalue weighted by atomic mass is 10.0. The van der Waals surface area contributed by atoms with Crippen LogP contribution in [0.1, 0.15) is 11.1 Å². The minimum Gasteiger partial charge on any atom is -0.455 e. The Morgan fingerprint density at radius 3 is 1.29 bits per heavy atom. The molecule has 0 fully saturated rings. The van der Waals surface area contributed by atoms with E-state index in [0.717, 1.165) is 72.4 Å². The van der Waals surface area contributed by atoms with Crippen molar-refractivity contribution >= 4 is 39.0 Å². The van der Waals surface area contributed by atoms with Crippen LogP contribution in [0, 0.1) is 22.7 Å². The van der Waals surface area contributed by atoms with E-state index in [1.54, 1.807) is 0 Å². The SMILES string of the molecule is N#Cc1ccc(-c2ccc(N(c3ccc(-c4ccc(C#N)cc4)cc3)c3ccc(-c4cccc5c4oc4ccccc45)cc3)cc2)cc1. The van der Waals surface area contributed by atoms with Gasteiger partial charge in [0.05, 0.1) is 23.3 Å². The van der Waals surface area contributed by atoms with Crippen molar-refractivity contribution in [1.82, 2.24) is 0 Å². The Labute approximate surface area is 278 Å². The van der Waals surface area contributed by atoms with E-state index in [0.29, 0.717) is 11.1 Å². The lowest BCUT2D eigenvalue weighted by Gasteiger charge is -2.26. The number of nitrogens with zero attached hydrogens (tertiary/aromatic N) is 3. The summed E-state index contributed by atoms with van der Waals surface area (Å²) in [7, 11) is 0. The van der Waals surface area contributed by atoms with Gasteiger partial charge in [-0.1, -0.05) is 97.1 Å². The van der Waals surface area contributed by atoms with Crippen molar-refractivity contribution in [3.8, 4) is 45.5 Å². The third-order valence-corrected chi connectivity index (χ3v) is 8.79. The molecule has 0 saturated carbocycles. The Kier molecular flexibility index (Phi) is 7.23. The van der Waals surface area contributed by atoms with Crippen LogP contribution in [0.3, 0.4) is 0 Å². The molecule has 48 heavy (non-hydrogen) atoms. The Hall–Kier alpha value is -6.88. The van der Waals surface area contributed by atoms with Crippen LogP contribution in [0.4, 0.5) is 17.1 Å². The molecule has 0 aliphatic rings. The summed E-state index contributed by atoms with van der Waals surface area (Å²) in [5.41, 5.74) is 12.5. The second-order valence-electron chi connectivity index (χ2n) is 11.6. The summed E-state index contributed by atoms with van der Waals surface area (Å²) in [5, 5.41) is 20.6. The first-order chi connectivity index (χ1) is 23.7. The van der Waals surface area contributed by atoms with Crippen LogP contribution in [0.2, 0.25) is 0 Å². The predicted octanol–water partition coefficient (Wildman–Crippen LogP) is 11.8. The van der Waals surface area contributed by atoms with Crippen LogP contribution >= 0.6 is 0 Å². The predicted molar refractivity (Wildman–Crippen MR) is 194 cm³/mol. The van der Waals surface area contributed by atoms with Crippen molar-refractivity contribution in [2.24, 2.45) is 0 Å². The zero-order chi connectivity index (χ0) is 32.5. The Morgan fingerprint density at radius 2 is 0.812 bits per heavy atom. The van der Waals surface area contributed by atoms with Gasteiger partial charge in [0.1, 0.15) is 11.2 Å². The molecule has 0 bridgehead atoms. The molecule has 0 unspecified atom stereocenters. The molecule has 0 spiro atoms. The monoisotopic (exact) mass is 613 g/mol. The number of fused-ring (bicyclic) bond motifs is 3. The average molecular weight is 614 g/mol. The third kappa shape index (κ3) is 5.24. The maximum Gasteiger partial charge on any atom is 0.143 e. The zero-order valence-electron chi connectivity index (χ0n) is 25.8. The number of rotatable bonds is 6. The highest BCUT2D eigenvalue weighted by atomic mass is 16.3. The zero-order valence-corrected chi connectivity index (χ0v) is 25.8. The van der Waals surface area contributed by atoms with Gasteiger partial charge >= 0.3 is 0 Å². The molecular formula is C44H27N3O. The van der Waals surface area contributed by atoms with Crippen molar-refractivity contribution < 1.29 is 4.42 Å². The van der Waals surface area contributed by atoms with Crippen LogP contribution in [-0.2, 0) is 0 Å². The number of hydrogen-bond donors (Lipinski definition) is 0. The fourth-order valence-electron chi connectivity index (χ4n) is 6.29. The highest BCUT2D eigenvalue weighted by Crippen LogP contribution is 2.40. The number of furan rings is 1. The van der Waals surface area contributed by atoms with Gasteiger partial charge in [-0.05, 0) is 94.5 Å². The van der Waals surface area contributed by atoms with Gasteiger partial charge in [-0.25, -0.2) is 0 Å². The van der Waals surface area contributed by atoms with E-state index in [9.17, 15) is 10.5 Å². The lowest BCUT2D eigenvalue weighted by Crippen LogP contribution is -2.09. The molecule has 0 radical (unpaired) electrons. The number of anilines is 3. The average Bonchev–Trinajstić information content (AvgIpc) is 3.55. The lowest BCUT2D eigenvalue weighted by molar-refractivity contribution is 0.670. The van der Waals surface area contributed by atoms with Crippen LogP contribution in [0.5, 0.6) is 0 Å². The summed E-state index contributed by atoms with van der Waals surface area (Å²) in [6.07, 6.45) is 0. The fraction of sp³-hybridized carbons (Fsp3) is 0. The largest absolute Gasteiger partial charge is 0.455 e. The molecule has 4 nitrogen and oxygen atoms in total. The van der Waals surface area contributed by atoms with Crippen LogP contribution in [0.15, 0.2) is 168 Å². The molecule has 8 aromatic rings. The quantitative estimate of drug-likeness (QED) is 0.187. The Morgan fingerprint density at radius 1 is 0.396 bits per heavy atom. The molecule has 1 heterocycles. The highest BCUT2D eigenvalue weighted by Gasteiger charge is 2.16. The first-order valence-corrected chi connectivity index (χ1v) is 15.7. The number of hydrogen-bond acceptors (Lipinski definition) is 4. The van der Waals surface area contributed by atoms with Crippen molar-refractivity contribution in [2.45, 2.75) is 0 Å². The first kappa shape index (κ1) is 28.6. The van der Waals surface area contributed by atoms with Gasteiger partial charge in [0.2, 0.25) is 0 Å². The summed E-state index contributed by atoms with van der Waals surface area (Å²) in [4.78, 5) is 2.25. The van der Waals surface area contributed by atoms with E-state index in [-0.39, 0.29) is 0 Å². The number of nitriles is 2. The summed E-state index contributed by atoms with van der Waals surface area (Å²) in [6.45, 7) is 0. The van der Waals surface area contributed by atoms with Gasteiger partial charge in [0.15, 0.2) is 0 Å². The molecule has 0 amide bonds. The van der Waals surface area contributed by atoms with Crippen molar-refractivity contribution in [1.29, 1.82) is 10.5 Å². The standard InChI is InChI=1S/C44H27N3O/c45-28-30-8-12-32(13-9-30)34-16-22-37(23-17-34)47(38-24-18-35(19-25-38)33-14-10-31(29-46)11-15-33)39-26-20-36(21-27-39)40-5-3-6-42-41-4-1-2-7-43(41)48-44(40)42/h1-27H. The normalized spacial score (nSPS) is 10.9. The molecule has 7 aromatic carbocycles. The molecule has 0 N–H and O–H groups in total. The van der Waals surface area contributed by atoms with Gasteiger partial charge in [-0.3, -0.25) is 0 Å². The van der Waals surface area contributed by atoms with Crippen LogP contribution < -0.4 is 4.90 Å². The molecule has 0 atom stereocenters. The maximum absolute atomic E-state index is 9.20. The summed E-state index contributed by atoms with van der Waals surface area (Å²) in [6, 6.07) is 59.8. The number of para-hydroxylation sites is 2. The smallest absolute Gasteiger partial charge is 0.143 e. The third-order valence-electron chi connectivity index (χ3n) is 8.79. The van der Waals surface area contributed by atoms with E-state index in [1.807, 2.05) is 66.7 Å². The molecule has 8 rings (SSSR count). The molecule has 1 aromatic heterocycles. The topological polar surface area (TPSA) is 64.0 Å². The Balaban J connectivity index is 1.18. The van der Waals surface area contributed by atoms with Crippen molar-refractivity contribution in [2.75, 3.05) is 4.90 Å². The van der Waals surface area contributed by atoms with Crippen LogP contribution in [0.25, 0.3) is 55.3 Å². The van der Waals surface area contributed by atoms with Crippen molar-refractivity contribution in [3.05, 3.63) is 175 Å². The molecule has 0 aliphatic heterocycles. The molecule has 0 saturated heterocycles. The van der Waals surface area contributed by atoms with E-state index >= 15 is 0 Å². The van der Waals surface area contributed by atoms with Gasteiger partial charge in [0, 0.05) is 33.4 Å². The second-order valence-corrected chi connectivity index (χ2v) is 11.6. The minimum atomic E-state index is 0.644. The second kappa shape index (κ2) is 12.1. The molecule has 224 valence electrons. The first-order valence-electron chi connectivity index (χ1n) is 15.7. The molecule has 4 heteroatoms. The van der Waals surface area contributed by atoms with Gasteiger partial charge in [-0.2, -0.15) is 10.5 Å². The molecule has 0 aliphatic carbocycles. The van der Waals surface area contributed by atoms with Gasteiger partial charge in [-0.15, -0.1) is 0 Å². The van der Waals surface area contributed by atoms with Gasteiger partial charge < -0.3 is 9.32 Å². The van der Waals surface area contributed by atoms with Crippen molar-refractivity contribution in [3.63, 3.8) is 0 Å². The van der Waals surface area contributed by atoms with Crippen LogP contribution in [-0.4, -0.2) is 0 Å². The van der Waals surface area contributed by atoms with E-state index in [4.69, 9.17) is 4.42 Å². The minimum absolute atomic E-state index is 0.644. The van der Waals surface area contributed by atoms with E-state index < -0.39 is 0 Å². The van der Waals surface area contributed by atoms with E-state index in [1.165, 1.54) is 0 Å². The summed E-state index contributed by atoms with van der Waals surface area (Å²) >= 11 is 0. The van der Waals surface area contributed by atoms with E-state index in [2.05, 4.69) is 114 Å². The molecular weight excluding hydrogens is 587 g/mol. The summed E-state index contributed by atoms with van der Waals surface area (Å²) < 4.78 is 6.33. The summed E-state index contributed by atoms with van der Waals surface area (Å²) in [5.74, 6) is 0. The maximum atomic E-state index is 9.20. The Bertz CT molecular complexity index is 2380.